The lowest BCUT2D eigenvalue weighted by Gasteiger charge is -2.25. The highest BCUT2D eigenvalue weighted by molar-refractivity contribution is 7.07. The van der Waals surface area contributed by atoms with Crippen LogP contribution < -0.4 is 26.1 Å². The van der Waals surface area contributed by atoms with Crippen LogP contribution in [0.1, 0.15) is 52.4 Å². The van der Waals surface area contributed by atoms with E-state index in [1.807, 2.05) is 6.92 Å². The number of furan rings is 1. The Balaban J connectivity index is 1.75. The number of aromatic nitrogens is 3. The molecule has 282 valence electrons. The number of esters is 1. The number of carbonyl (C=O) groups is 3. The van der Waals surface area contributed by atoms with Gasteiger partial charge in [-0.3, -0.25) is 23.3 Å². The Hall–Kier alpha value is -4.84. The molecule has 2 amide bonds. The summed E-state index contributed by atoms with van der Waals surface area (Å²) in [6.07, 6.45) is -5.77. The molecular formula is C33H37ClF3N5O9S. The summed E-state index contributed by atoms with van der Waals surface area (Å²) < 4.78 is 62.6. The Morgan fingerprint density at radius 2 is 1.79 bits per heavy atom. The normalized spacial score (nSPS) is 13.6. The number of alkyl carbamates (subject to hydrolysis) is 1. The van der Waals surface area contributed by atoms with Crippen LogP contribution in [0.25, 0.3) is 22.4 Å². The molecule has 4 rings (SSSR count). The number of hydrogen-bond donors (Lipinski definition) is 1. The van der Waals surface area contributed by atoms with Gasteiger partial charge in [0.25, 0.3) is 11.5 Å². The van der Waals surface area contributed by atoms with Gasteiger partial charge in [-0.05, 0) is 51.8 Å². The molecule has 1 unspecified atom stereocenters. The SMILES string of the molecule is CCC(C)[C@H](NC(=O)OC(C)(C)C)C(=O)OCn1c(-c2ccc(OC(F)(F)F)c(Cl)c2)cs/c1=N\C(=O)Cc1c(C)oc2c1c(=O)n(C)c(=O)n2C. The van der Waals surface area contributed by atoms with Gasteiger partial charge in [0.05, 0.1) is 17.1 Å². The number of thiazole rings is 1. The molecule has 1 N–H and O–H groups in total. The van der Waals surface area contributed by atoms with Crippen molar-refractivity contribution in [2.45, 2.75) is 79.1 Å². The van der Waals surface area contributed by atoms with E-state index >= 15 is 0 Å². The van der Waals surface area contributed by atoms with E-state index < -0.39 is 72.0 Å². The first kappa shape index (κ1) is 39.9. The molecule has 14 nitrogen and oxygen atoms in total. The second kappa shape index (κ2) is 15.4. The molecule has 1 aromatic carbocycles. The standard InChI is InChI=1S/C33H37ClF3N5O9S/c1-9-16(2)25(39-30(46)51-32(4,5)6)28(45)48-15-42-21(18-10-11-22(20(34)12-18)50-33(35,36)37)14-52-29(42)38-23(43)13-19-17(3)49-27-24(19)26(44)40(7)31(47)41(27)8/h10-12,14,16,25H,9,13,15H2,1-8H3,(H,39,46)/b38-29-/t16?,25-/m0/s1. The Morgan fingerprint density at radius 1 is 1.12 bits per heavy atom. The van der Waals surface area contributed by atoms with Gasteiger partial charge in [-0.15, -0.1) is 24.5 Å². The number of aryl methyl sites for hydroxylation is 2. The van der Waals surface area contributed by atoms with Gasteiger partial charge in [-0.1, -0.05) is 31.9 Å². The summed E-state index contributed by atoms with van der Waals surface area (Å²) in [6, 6.07) is 2.35. The van der Waals surface area contributed by atoms with Crippen LogP contribution in [0.15, 0.2) is 42.6 Å². The molecule has 2 atom stereocenters. The van der Waals surface area contributed by atoms with Crippen LogP contribution in [-0.4, -0.2) is 49.7 Å². The minimum absolute atomic E-state index is 0.00508. The molecule has 0 bridgehead atoms. The van der Waals surface area contributed by atoms with Crippen molar-refractivity contribution in [2.75, 3.05) is 0 Å². The van der Waals surface area contributed by atoms with Crippen LogP contribution in [0, 0.1) is 12.8 Å². The summed E-state index contributed by atoms with van der Waals surface area (Å²) in [7, 11) is 2.71. The lowest BCUT2D eigenvalue weighted by atomic mass is 9.99. The molecule has 4 aromatic rings. The van der Waals surface area contributed by atoms with Crippen LogP contribution in [0.4, 0.5) is 18.0 Å². The van der Waals surface area contributed by atoms with E-state index in [9.17, 15) is 37.1 Å². The van der Waals surface area contributed by atoms with Crippen molar-refractivity contribution in [3.05, 3.63) is 65.6 Å². The van der Waals surface area contributed by atoms with Gasteiger partial charge in [0.1, 0.15) is 28.5 Å². The fourth-order valence-corrected chi connectivity index (χ4v) is 6.19. The highest BCUT2D eigenvalue weighted by Gasteiger charge is 2.33. The average molecular weight is 772 g/mol. The lowest BCUT2D eigenvalue weighted by molar-refractivity contribution is -0.274. The zero-order chi connectivity index (χ0) is 38.9. The molecular weight excluding hydrogens is 735 g/mol. The van der Waals surface area contributed by atoms with Crippen molar-refractivity contribution in [1.29, 1.82) is 0 Å². The predicted molar refractivity (Wildman–Crippen MR) is 184 cm³/mol. The Bertz CT molecular complexity index is 2210. The number of nitrogens with zero attached hydrogens (tertiary/aromatic N) is 4. The maximum Gasteiger partial charge on any atom is 0.573 e. The van der Waals surface area contributed by atoms with E-state index in [2.05, 4.69) is 15.0 Å². The van der Waals surface area contributed by atoms with Crippen LogP contribution in [0.2, 0.25) is 5.02 Å². The third-order valence-electron chi connectivity index (χ3n) is 7.86. The smallest absolute Gasteiger partial charge is 0.444 e. The fraction of sp³-hybridized carbons (Fsp3) is 0.455. The molecule has 0 saturated heterocycles. The van der Waals surface area contributed by atoms with Crippen LogP contribution in [0.5, 0.6) is 5.75 Å². The monoisotopic (exact) mass is 771 g/mol. The van der Waals surface area contributed by atoms with E-state index in [1.165, 1.54) is 43.1 Å². The van der Waals surface area contributed by atoms with Crippen molar-refractivity contribution in [3.8, 4) is 17.0 Å². The fourth-order valence-electron chi connectivity index (χ4n) is 5.06. The molecule has 0 saturated carbocycles. The molecule has 19 heteroatoms. The predicted octanol–water partition coefficient (Wildman–Crippen LogP) is 5.33. The minimum atomic E-state index is -4.99. The number of hydrogen-bond acceptors (Lipinski definition) is 10. The van der Waals surface area contributed by atoms with E-state index in [0.29, 0.717) is 6.42 Å². The van der Waals surface area contributed by atoms with Gasteiger partial charge >= 0.3 is 24.1 Å². The van der Waals surface area contributed by atoms with Gasteiger partial charge in [0, 0.05) is 30.6 Å². The number of halogens is 4. The maximum atomic E-state index is 13.5. The number of amides is 2. The quantitative estimate of drug-likeness (QED) is 0.210. The van der Waals surface area contributed by atoms with Crippen molar-refractivity contribution in [2.24, 2.45) is 25.0 Å². The Morgan fingerprint density at radius 3 is 2.38 bits per heavy atom. The molecule has 0 radical (unpaired) electrons. The van der Waals surface area contributed by atoms with Gasteiger partial charge in [-0.2, -0.15) is 4.99 Å². The highest BCUT2D eigenvalue weighted by Crippen LogP contribution is 2.34. The summed E-state index contributed by atoms with van der Waals surface area (Å²) in [5.41, 5.74) is -1.42. The topological polar surface area (TPSA) is 165 Å². The van der Waals surface area contributed by atoms with E-state index in [0.717, 1.165) is 26.5 Å². The summed E-state index contributed by atoms with van der Waals surface area (Å²) in [5.74, 6) is -2.41. The van der Waals surface area contributed by atoms with Gasteiger partial charge < -0.3 is 23.9 Å². The molecule has 0 spiro atoms. The van der Waals surface area contributed by atoms with Crippen molar-refractivity contribution in [1.82, 2.24) is 19.0 Å². The average Bonchev–Trinajstić information content (AvgIpc) is 3.59. The Kier molecular flexibility index (Phi) is 11.8. The van der Waals surface area contributed by atoms with Crippen molar-refractivity contribution >= 4 is 52.0 Å². The van der Waals surface area contributed by atoms with Crippen molar-refractivity contribution in [3.63, 3.8) is 0 Å². The number of ether oxygens (including phenoxy) is 3. The molecule has 0 aliphatic carbocycles. The highest BCUT2D eigenvalue weighted by atomic mass is 35.5. The number of benzene rings is 1. The number of fused-ring (bicyclic) bond motifs is 1. The van der Waals surface area contributed by atoms with Crippen molar-refractivity contribution < 1.29 is 46.2 Å². The van der Waals surface area contributed by atoms with Gasteiger partial charge in [-0.25, -0.2) is 14.4 Å². The zero-order valence-corrected chi connectivity index (χ0v) is 31.0. The number of rotatable bonds is 10. The van der Waals surface area contributed by atoms with E-state index in [1.54, 1.807) is 27.7 Å². The second-order valence-electron chi connectivity index (χ2n) is 12.8. The number of alkyl halides is 3. The number of carbonyl (C=O) groups excluding carboxylic acids is 3. The van der Waals surface area contributed by atoms with E-state index in [4.69, 9.17) is 25.5 Å². The molecule has 0 fully saturated rings. The third-order valence-corrected chi connectivity index (χ3v) is 9.02. The largest absolute Gasteiger partial charge is 0.573 e. The zero-order valence-electron chi connectivity index (χ0n) is 29.5. The molecule has 0 aliphatic rings. The van der Waals surface area contributed by atoms with Gasteiger partial charge in [0.2, 0.25) is 5.71 Å². The number of nitrogens with one attached hydrogen (secondary N) is 1. The summed E-state index contributed by atoms with van der Waals surface area (Å²) in [6.45, 7) is 9.51. The van der Waals surface area contributed by atoms with Crippen LogP contribution >= 0.6 is 22.9 Å². The first-order valence-electron chi connectivity index (χ1n) is 15.8. The maximum absolute atomic E-state index is 13.5. The molecule has 3 heterocycles. The second-order valence-corrected chi connectivity index (χ2v) is 14.1. The first-order chi connectivity index (χ1) is 24.1. The Labute approximate surface area is 303 Å². The molecule has 3 aromatic heterocycles. The third kappa shape index (κ3) is 9.14. The molecule has 0 aliphatic heterocycles. The van der Waals surface area contributed by atoms with Crippen LogP contribution in [-0.2, 0) is 46.3 Å². The summed E-state index contributed by atoms with van der Waals surface area (Å²) in [5, 5.41) is 3.71. The van der Waals surface area contributed by atoms with E-state index in [-0.39, 0.29) is 43.5 Å². The summed E-state index contributed by atoms with van der Waals surface area (Å²) >= 11 is 7.07. The van der Waals surface area contributed by atoms with Gasteiger partial charge in [0.15, 0.2) is 11.5 Å². The van der Waals surface area contributed by atoms with Crippen LogP contribution in [0.3, 0.4) is 0 Å². The molecule has 52 heavy (non-hydrogen) atoms. The minimum Gasteiger partial charge on any atom is -0.444 e. The first-order valence-corrected chi connectivity index (χ1v) is 17.0. The summed E-state index contributed by atoms with van der Waals surface area (Å²) in [4.78, 5) is 69.1. The lowest BCUT2D eigenvalue weighted by Crippen LogP contribution is -2.48.